The van der Waals surface area contributed by atoms with Crippen LogP contribution >= 0.6 is 0 Å². The summed E-state index contributed by atoms with van der Waals surface area (Å²) in [7, 11) is 0. The van der Waals surface area contributed by atoms with Crippen molar-refractivity contribution in [3.05, 3.63) is 42.1 Å². The fourth-order valence-electron chi connectivity index (χ4n) is 3.60. The van der Waals surface area contributed by atoms with Crippen LogP contribution in [0.5, 0.6) is 5.88 Å². The van der Waals surface area contributed by atoms with Crippen LogP contribution in [0.25, 0.3) is 11.1 Å². The molecule has 2 aliphatic heterocycles. The number of anilines is 1. The summed E-state index contributed by atoms with van der Waals surface area (Å²) in [4.78, 5) is 21.2. The van der Waals surface area contributed by atoms with E-state index in [0.29, 0.717) is 37.6 Å². The van der Waals surface area contributed by atoms with Gasteiger partial charge in [-0.25, -0.2) is 4.98 Å². The van der Waals surface area contributed by atoms with Gasteiger partial charge in [-0.15, -0.1) is 0 Å². The Balaban J connectivity index is 1.66. The first-order valence-corrected chi connectivity index (χ1v) is 9.73. The van der Waals surface area contributed by atoms with E-state index >= 15 is 0 Å². The third-order valence-electron chi connectivity index (χ3n) is 5.11. The number of aromatic nitrogens is 1. The van der Waals surface area contributed by atoms with Crippen LogP contribution in [0.3, 0.4) is 0 Å². The Morgan fingerprint density at radius 1 is 1.21 bits per heavy atom. The Hall–Kier alpha value is -2.93. The first-order chi connectivity index (χ1) is 13.7. The number of hydrogen-bond acceptors (Lipinski definition) is 6. The highest BCUT2D eigenvalue weighted by Gasteiger charge is 2.30. The molecule has 0 spiro atoms. The van der Waals surface area contributed by atoms with Crippen molar-refractivity contribution < 1.29 is 9.53 Å². The highest BCUT2D eigenvalue weighted by molar-refractivity contribution is 5.96. The summed E-state index contributed by atoms with van der Waals surface area (Å²) in [6, 6.07) is 9.48. The number of amides is 1. The molecule has 4 rings (SSSR count). The second kappa shape index (κ2) is 8.39. The lowest BCUT2D eigenvalue weighted by Crippen LogP contribution is -2.40. The van der Waals surface area contributed by atoms with Crippen molar-refractivity contribution in [1.29, 1.82) is 0 Å². The summed E-state index contributed by atoms with van der Waals surface area (Å²) in [5.41, 5.74) is 9.78. The average molecular weight is 379 g/mol. The molecule has 0 saturated carbocycles. The quantitative estimate of drug-likeness (QED) is 0.606. The third kappa shape index (κ3) is 4.14. The van der Waals surface area contributed by atoms with Crippen molar-refractivity contribution in [3.63, 3.8) is 0 Å². The molecular formula is C21H25N5O2. The number of nitrogens with one attached hydrogen (secondary N) is 2. The van der Waals surface area contributed by atoms with Gasteiger partial charge in [-0.3, -0.25) is 9.79 Å². The predicted octanol–water partition coefficient (Wildman–Crippen LogP) is 1.77. The van der Waals surface area contributed by atoms with E-state index in [0.717, 1.165) is 29.5 Å². The predicted molar refractivity (Wildman–Crippen MR) is 110 cm³/mol. The highest BCUT2D eigenvalue weighted by Crippen LogP contribution is 2.29. The van der Waals surface area contributed by atoms with Gasteiger partial charge in [0, 0.05) is 55.8 Å². The zero-order chi connectivity index (χ0) is 19.3. The van der Waals surface area contributed by atoms with E-state index in [9.17, 15) is 4.79 Å². The number of nitrogens with two attached hydrogens (primary N) is 1. The van der Waals surface area contributed by atoms with Gasteiger partial charge in [0.15, 0.2) is 0 Å². The molecule has 4 bridgehead atoms. The maximum absolute atomic E-state index is 12.3. The van der Waals surface area contributed by atoms with E-state index in [1.54, 1.807) is 6.20 Å². The number of carbonyl (C=O) groups is 1. The van der Waals surface area contributed by atoms with Gasteiger partial charge in [-0.1, -0.05) is 12.1 Å². The number of rotatable bonds is 0. The van der Waals surface area contributed by atoms with Gasteiger partial charge in [-0.2, -0.15) is 0 Å². The molecule has 0 aliphatic carbocycles. The largest absolute Gasteiger partial charge is 0.473 e. The summed E-state index contributed by atoms with van der Waals surface area (Å²) in [6.07, 6.45) is 5.91. The minimum absolute atomic E-state index is 0.0285. The molecule has 1 fully saturated rings. The minimum atomic E-state index is -0.220. The van der Waals surface area contributed by atoms with E-state index in [-0.39, 0.29) is 18.1 Å². The van der Waals surface area contributed by atoms with Crippen LogP contribution in [-0.2, 0) is 4.79 Å². The van der Waals surface area contributed by atoms with Crippen LogP contribution in [0.2, 0.25) is 0 Å². The Kier molecular flexibility index (Phi) is 5.53. The number of benzene rings is 1. The molecular weight excluding hydrogens is 354 g/mol. The molecule has 146 valence electrons. The maximum Gasteiger partial charge on any atom is 0.237 e. The number of pyridine rings is 1. The van der Waals surface area contributed by atoms with Crippen LogP contribution in [-0.4, -0.2) is 48.9 Å². The summed E-state index contributed by atoms with van der Waals surface area (Å²) in [5.74, 6) is 0.570. The second-order valence-electron chi connectivity index (χ2n) is 7.16. The molecule has 4 N–H and O–H groups in total. The summed E-state index contributed by atoms with van der Waals surface area (Å²) < 4.78 is 6.05. The van der Waals surface area contributed by atoms with Crippen molar-refractivity contribution >= 4 is 17.8 Å². The van der Waals surface area contributed by atoms with E-state index in [1.807, 2.05) is 36.5 Å². The number of nitrogen functional groups attached to an aromatic ring is 1. The third-order valence-corrected chi connectivity index (χ3v) is 5.11. The van der Waals surface area contributed by atoms with Crippen LogP contribution in [0.4, 0.5) is 5.69 Å². The molecule has 2 aromatic rings. The topological polar surface area (TPSA) is 102 Å². The van der Waals surface area contributed by atoms with E-state index in [2.05, 4.69) is 20.6 Å². The average Bonchev–Trinajstić information content (AvgIpc) is 3.16. The Bertz CT molecular complexity index is 883. The van der Waals surface area contributed by atoms with Gasteiger partial charge < -0.3 is 21.1 Å². The van der Waals surface area contributed by atoms with Crippen LogP contribution in [0, 0.1) is 0 Å². The molecule has 3 heterocycles. The summed E-state index contributed by atoms with van der Waals surface area (Å²) in [6.45, 7) is 1.97. The number of hydrogen-bond donors (Lipinski definition) is 3. The highest BCUT2D eigenvalue weighted by atomic mass is 16.5. The van der Waals surface area contributed by atoms with Gasteiger partial charge in [0.2, 0.25) is 11.8 Å². The lowest BCUT2D eigenvalue weighted by atomic mass is 9.99. The lowest BCUT2D eigenvalue weighted by molar-refractivity contribution is -0.122. The zero-order valence-corrected chi connectivity index (χ0v) is 15.7. The van der Waals surface area contributed by atoms with Crippen molar-refractivity contribution in [2.24, 2.45) is 4.99 Å². The molecule has 1 aromatic heterocycles. The molecule has 0 radical (unpaired) electrons. The Morgan fingerprint density at radius 2 is 2.14 bits per heavy atom. The van der Waals surface area contributed by atoms with Gasteiger partial charge in [0.1, 0.15) is 6.10 Å². The number of nitrogens with zero attached hydrogens (tertiary/aromatic N) is 2. The van der Waals surface area contributed by atoms with Crippen LogP contribution in [0.15, 0.2) is 41.5 Å². The molecule has 2 atom stereocenters. The first kappa shape index (κ1) is 18.4. The van der Waals surface area contributed by atoms with E-state index in [4.69, 9.17) is 10.5 Å². The van der Waals surface area contributed by atoms with E-state index < -0.39 is 0 Å². The first-order valence-electron chi connectivity index (χ1n) is 9.73. The van der Waals surface area contributed by atoms with E-state index in [1.165, 1.54) is 0 Å². The fourth-order valence-corrected chi connectivity index (χ4v) is 3.60. The van der Waals surface area contributed by atoms with Gasteiger partial charge in [-0.05, 0) is 36.1 Å². The van der Waals surface area contributed by atoms with Gasteiger partial charge in [0.05, 0.1) is 6.04 Å². The minimum Gasteiger partial charge on any atom is -0.473 e. The van der Waals surface area contributed by atoms with Crippen LogP contribution < -0.4 is 21.1 Å². The summed E-state index contributed by atoms with van der Waals surface area (Å²) >= 11 is 0. The zero-order valence-electron chi connectivity index (χ0n) is 15.7. The summed E-state index contributed by atoms with van der Waals surface area (Å²) in [5, 5.41) is 6.23. The SMILES string of the molecule is Nc1cccc2c1C=NCCCCNC(=O)[C@@H]1CC(CN1)Oc1cc-2ccn1. The monoisotopic (exact) mass is 379 g/mol. The van der Waals surface area contributed by atoms with Crippen LogP contribution in [0.1, 0.15) is 24.8 Å². The van der Waals surface area contributed by atoms with Crippen molar-refractivity contribution in [1.82, 2.24) is 15.6 Å². The molecule has 1 amide bonds. The number of ether oxygens (including phenoxy) is 1. The normalized spacial score (nSPS) is 22.6. The van der Waals surface area contributed by atoms with Gasteiger partial charge >= 0.3 is 0 Å². The molecule has 7 heteroatoms. The second-order valence-corrected chi connectivity index (χ2v) is 7.16. The molecule has 1 aromatic carbocycles. The Labute approximate surface area is 164 Å². The molecule has 28 heavy (non-hydrogen) atoms. The molecule has 1 unspecified atom stereocenters. The Morgan fingerprint density at radius 3 is 3.07 bits per heavy atom. The molecule has 1 saturated heterocycles. The van der Waals surface area contributed by atoms with Gasteiger partial charge in [0.25, 0.3) is 0 Å². The maximum atomic E-state index is 12.3. The number of fused-ring (bicyclic) bond motifs is 6. The molecule has 7 nitrogen and oxygen atoms in total. The van der Waals surface area contributed by atoms with Crippen molar-refractivity contribution in [2.45, 2.75) is 31.4 Å². The van der Waals surface area contributed by atoms with Crippen molar-refractivity contribution in [3.8, 4) is 17.0 Å². The lowest BCUT2D eigenvalue weighted by Gasteiger charge is -2.14. The van der Waals surface area contributed by atoms with Crippen molar-refractivity contribution in [2.75, 3.05) is 25.4 Å². The number of aliphatic imine (C=N–C) groups is 1. The fraction of sp³-hybridized carbons (Fsp3) is 0.381. The molecule has 2 aliphatic rings. The smallest absolute Gasteiger partial charge is 0.237 e. The number of carbonyl (C=O) groups excluding carboxylic acids is 1. The standard InChI is InChI=1S/C21H25N5O2/c22-18-5-3-4-16-14-6-9-24-20(10-14)28-15-11-19(26-12-15)21(27)25-8-2-1-7-23-13-17(16)18/h3-6,9-10,13,15,19,26H,1-2,7-8,11-12,22H2,(H,25,27)/t15?,19-/m0/s1.